The number of nitrogens with one attached hydrogen (secondary N) is 3. The monoisotopic (exact) mass is 251 g/mol. The zero-order chi connectivity index (χ0) is 13.0. The number of morpholine rings is 1. The predicted molar refractivity (Wildman–Crippen MR) is 66.7 cm³/mol. The molecule has 18 heavy (non-hydrogen) atoms. The summed E-state index contributed by atoms with van der Waals surface area (Å²) in [5.74, 6) is -0.370. The topological polar surface area (TPSA) is 83.2 Å². The van der Waals surface area contributed by atoms with Crippen LogP contribution in [0.2, 0.25) is 0 Å². The number of carbonyl (C=O) groups excluding carboxylic acids is 1. The molecule has 1 aromatic heterocycles. The number of hydrogen-bond acceptors (Lipinski definition) is 4. The van der Waals surface area contributed by atoms with E-state index >= 15 is 0 Å². The molecule has 1 aromatic rings. The van der Waals surface area contributed by atoms with E-state index < -0.39 is 0 Å². The van der Waals surface area contributed by atoms with Crippen LogP contribution in [0, 0.1) is 6.92 Å². The molecule has 0 spiro atoms. The first-order valence-corrected chi connectivity index (χ1v) is 5.96. The van der Waals surface area contributed by atoms with Crippen molar-refractivity contribution in [2.75, 3.05) is 26.2 Å². The van der Waals surface area contributed by atoms with Crippen LogP contribution < -0.4 is 16.1 Å². The van der Waals surface area contributed by atoms with E-state index in [0.29, 0.717) is 19.7 Å². The molecule has 2 rings (SSSR count). The fraction of sp³-hybridized carbons (Fsp3) is 0.500. The van der Waals surface area contributed by atoms with Gasteiger partial charge in [0.05, 0.1) is 12.7 Å². The van der Waals surface area contributed by atoms with E-state index in [4.69, 9.17) is 4.74 Å². The first-order valence-electron chi connectivity index (χ1n) is 5.96. The Labute approximate surface area is 105 Å². The van der Waals surface area contributed by atoms with Crippen LogP contribution in [0.25, 0.3) is 0 Å². The van der Waals surface area contributed by atoms with E-state index in [9.17, 15) is 9.59 Å². The molecule has 0 aliphatic carbocycles. The minimum absolute atomic E-state index is 0.0350. The van der Waals surface area contributed by atoms with Crippen molar-refractivity contribution in [1.29, 1.82) is 0 Å². The maximum Gasteiger partial charge on any atom is 0.256 e. The average molecular weight is 251 g/mol. The van der Waals surface area contributed by atoms with Crippen LogP contribution in [0.15, 0.2) is 17.1 Å². The van der Waals surface area contributed by atoms with Crippen LogP contribution in [-0.2, 0) is 4.74 Å². The van der Waals surface area contributed by atoms with E-state index in [1.165, 1.54) is 12.3 Å². The lowest BCUT2D eigenvalue weighted by atomic mass is 10.2. The fourth-order valence-electron chi connectivity index (χ4n) is 1.80. The summed E-state index contributed by atoms with van der Waals surface area (Å²) in [6, 6.07) is 1.41. The van der Waals surface area contributed by atoms with Crippen LogP contribution >= 0.6 is 0 Å². The highest BCUT2D eigenvalue weighted by atomic mass is 16.5. The lowest BCUT2D eigenvalue weighted by molar-refractivity contribution is 0.0287. The number of carbonyl (C=O) groups is 1. The molecule has 1 saturated heterocycles. The van der Waals surface area contributed by atoms with Gasteiger partial charge in [-0.05, 0) is 6.92 Å². The van der Waals surface area contributed by atoms with Crippen molar-refractivity contribution in [2.24, 2.45) is 0 Å². The van der Waals surface area contributed by atoms with Crippen LogP contribution in [0.1, 0.15) is 16.1 Å². The van der Waals surface area contributed by atoms with Gasteiger partial charge in [0, 0.05) is 37.6 Å². The summed E-state index contributed by atoms with van der Waals surface area (Å²) in [7, 11) is 0. The highest BCUT2D eigenvalue weighted by molar-refractivity contribution is 5.93. The lowest BCUT2D eigenvalue weighted by Crippen LogP contribution is -2.45. The number of aromatic amines is 1. The molecule has 98 valence electrons. The van der Waals surface area contributed by atoms with Gasteiger partial charge in [-0.2, -0.15) is 0 Å². The Hall–Kier alpha value is -1.66. The van der Waals surface area contributed by atoms with E-state index in [1.54, 1.807) is 6.92 Å². The van der Waals surface area contributed by atoms with E-state index in [1.807, 2.05) is 0 Å². The standard InChI is InChI=1S/C12H17N3O3/c1-8-4-11(16)10(7-14-8)12(17)15-6-9-5-13-2-3-18-9/h4,7,9,13H,2-3,5-6H2,1H3,(H,14,16)(H,15,17). The summed E-state index contributed by atoms with van der Waals surface area (Å²) < 4.78 is 5.45. The first-order chi connectivity index (χ1) is 8.66. The molecule has 0 saturated carbocycles. The third-order valence-corrected chi connectivity index (χ3v) is 2.80. The Morgan fingerprint density at radius 3 is 3.11 bits per heavy atom. The van der Waals surface area contributed by atoms with Gasteiger partial charge in [-0.3, -0.25) is 9.59 Å². The molecule has 6 heteroatoms. The second-order valence-corrected chi connectivity index (χ2v) is 4.30. The number of pyridine rings is 1. The molecule has 3 N–H and O–H groups in total. The smallest absolute Gasteiger partial charge is 0.256 e. The minimum Gasteiger partial charge on any atom is -0.374 e. The van der Waals surface area contributed by atoms with Gasteiger partial charge in [0.1, 0.15) is 5.56 Å². The first kappa shape index (κ1) is 12.8. The van der Waals surface area contributed by atoms with Crippen molar-refractivity contribution in [2.45, 2.75) is 13.0 Å². The quantitative estimate of drug-likeness (QED) is 0.670. The number of ether oxygens (including phenoxy) is 1. The Morgan fingerprint density at radius 2 is 2.44 bits per heavy atom. The predicted octanol–water partition coefficient (Wildman–Crippen LogP) is -0.598. The molecule has 1 aliphatic rings. The molecule has 1 unspecified atom stereocenters. The average Bonchev–Trinajstić information content (AvgIpc) is 2.37. The summed E-state index contributed by atoms with van der Waals surface area (Å²) >= 11 is 0. The number of aromatic nitrogens is 1. The van der Waals surface area contributed by atoms with Gasteiger partial charge in [0.15, 0.2) is 5.43 Å². The van der Waals surface area contributed by atoms with Crippen molar-refractivity contribution in [1.82, 2.24) is 15.6 Å². The van der Waals surface area contributed by atoms with Crippen molar-refractivity contribution >= 4 is 5.91 Å². The van der Waals surface area contributed by atoms with Crippen LogP contribution in [0.3, 0.4) is 0 Å². The molecule has 0 bridgehead atoms. The van der Waals surface area contributed by atoms with Crippen LogP contribution in [-0.4, -0.2) is 43.2 Å². The summed E-state index contributed by atoms with van der Waals surface area (Å²) in [5, 5.41) is 5.88. The molecular formula is C12H17N3O3. The zero-order valence-electron chi connectivity index (χ0n) is 10.3. The van der Waals surface area contributed by atoms with Gasteiger partial charge in [0.25, 0.3) is 5.91 Å². The Bertz CT molecular complexity index is 478. The summed E-state index contributed by atoms with van der Waals surface area (Å²) in [5.41, 5.74) is 0.590. The third kappa shape index (κ3) is 3.18. The van der Waals surface area contributed by atoms with Crippen molar-refractivity contribution < 1.29 is 9.53 Å². The Balaban J connectivity index is 1.93. The van der Waals surface area contributed by atoms with Crippen LogP contribution in [0.5, 0.6) is 0 Å². The van der Waals surface area contributed by atoms with Crippen molar-refractivity contribution in [3.63, 3.8) is 0 Å². The normalized spacial score (nSPS) is 19.5. The summed E-state index contributed by atoms with van der Waals surface area (Å²) in [6.45, 7) is 4.36. The number of hydrogen-bond donors (Lipinski definition) is 3. The number of amides is 1. The van der Waals surface area contributed by atoms with E-state index in [0.717, 1.165) is 12.2 Å². The van der Waals surface area contributed by atoms with Crippen molar-refractivity contribution in [3.8, 4) is 0 Å². The zero-order valence-corrected chi connectivity index (χ0v) is 10.3. The molecule has 6 nitrogen and oxygen atoms in total. The van der Waals surface area contributed by atoms with Gasteiger partial charge < -0.3 is 20.4 Å². The molecule has 0 aromatic carbocycles. The van der Waals surface area contributed by atoms with Gasteiger partial charge in [0.2, 0.25) is 0 Å². The summed E-state index contributed by atoms with van der Waals surface area (Å²) in [6.07, 6.45) is 1.40. The maximum atomic E-state index is 11.8. The largest absolute Gasteiger partial charge is 0.374 e. The lowest BCUT2D eigenvalue weighted by Gasteiger charge is -2.23. The molecule has 1 fully saturated rings. The number of aryl methyl sites for hydroxylation is 1. The maximum absolute atomic E-state index is 11.8. The van der Waals surface area contributed by atoms with Gasteiger partial charge in [-0.25, -0.2) is 0 Å². The van der Waals surface area contributed by atoms with Gasteiger partial charge >= 0.3 is 0 Å². The molecule has 2 heterocycles. The fourth-order valence-corrected chi connectivity index (χ4v) is 1.80. The van der Waals surface area contributed by atoms with Gasteiger partial charge in [-0.15, -0.1) is 0 Å². The second-order valence-electron chi connectivity index (χ2n) is 4.30. The second kappa shape index (κ2) is 5.79. The number of rotatable bonds is 3. The van der Waals surface area contributed by atoms with Crippen molar-refractivity contribution in [3.05, 3.63) is 33.7 Å². The molecule has 1 amide bonds. The van der Waals surface area contributed by atoms with Crippen LogP contribution in [0.4, 0.5) is 0 Å². The molecule has 0 radical (unpaired) electrons. The highest BCUT2D eigenvalue weighted by Crippen LogP contribution is 1.96. The molecule has 1 atom stereocenters. The third-order valence-electron chi connectivity index (χ3n) is 2.80. The number of H-pyrrole nitrogens is 1. The molecule has 1 aliphatic heterocycles. The van der Waals surface area contributed by atoms with Gasteiger partial charge in [-0.1, -0.05) is 0 Å². The Kier molecular flexibility index (Phi) is 4.11. The highest BCUT2D eigenvalue weighted by Gasteiger charge is 2.16. The van der Waals surface area contributed by atoms with E-state index in [2.05, 4.69) is 15.6 Å². The SMILES string of the molecule is Cc1cc(=O)c(C(=O)NCC2CNCCO2)c[nH]1. The Morgan fingerprint density at radius 1 is 1.61 bits per heavy atom. The van der Waals surface area contributed by atoms with E-state index in [-0.39, 0.29) is 23.0 Å². The molecular weight excluding hydrogens is 234 g/mol. The summed E-state index contributed by atoms with van der Waals surface area (Å²) in [4.78, 5) is 26.3. The minimum atomic E-state index is -0.370.